The first-order valence-electron chi connectivity index (χ1n) is 8.38. The summed E-state index contributed by atoms with van der Waals surface area (Å²) in [5, 5.41) is 18.7. The Balaban J connectivity index is 0.000000972. The third-order valence-corrected chi connectivity index (χ3v) is 3.36. The lowest BCUT2D eigenvalue weighted by molar-refractivity contribution is -0.159. The van der Waals surface area contributed by atoms with E-state index in [0.29, 0.717) is 19.8 Å². The van der Waals surface area contributed by atoms with E-state index in [9.17, 15) is 0 Å². The number of carboxylic acids is 2. The summed E-state index contributed by atoms with van der Waals surface area (Å²) in [5.41, 5.74) is 1.11. The molecular weight excluding hydrogens is 374 g/mol. The fourth-order valence-corrected chi connectivity index (χ4v) is 2.05. The lowest BCUT2D eigenvalue weighted by Gasteiger charge is -2.23. The van der Waals surface area contributed by atoms with E-state index in [1.807, 2.05) is 24.3 Å². The highest BCUT2D eigenvalue weighted by atomic mass is 35.5. The average Bonchev–Trinajstić information content (AvgIpc) is 2.58. The highest BCUT2D eigenvalue weighted by Crippen LogP contribution is 2.33. The minimum absolute atomic E-state index is 0.00427. The van der Waals surface area contributed by atoms with Crippen LogP contribution in [0.2, 0.25) is 5.02 Å². The van der Waals surface area contributed by atoms with Gasteiger partial charge in [0, 0.05) is 23.7 Å². The van der Waals surface area contributed by atoms with Crippen LogP contribution >= 0.6 is 11.6 Å². The van der Waals surface area contributed by atoms with Crippen LogP contribution in [-0.4, -0.2) is 55.1 Å². The number of aliphatic carboxylic acids is 2. The summed E-state index contributed by atoms with van der Waals surface area (Å²) in [6.45, 7) is 13.5. The maximum atomic E-state index is 9.10. The van der Waals surface area contributed by atoms with Crippen LogP contribution in [-0.2, 0) is 19.7 Å². The molecule has 0 atom stereocenters. The number of benzene rings is 1. The van der Waals surface area contributed by atoms with Crippen LogP contribution in [0.3, 0.4) is 0 Å². The Hall–Kier alpha value is -2.09. The van der Waals surface area contributed by atoms with Gasteiger partial charge in [0.05, 0.1) is 13.2 Å². The van der Waals surface area contributed by atoms with Gasteiger partial charge in [-0.05, 0) is 23.6 Å². The monoisotopic (exact) mass is 401 g/mol. The predicted molar refractivity (Wildman–Crippen MR) is 105 cm³/mol. The summed E-state index contributed by atoms with van der Waals surface area (Å²) in [6.07, 6.45) is 1.83. The molecule has 1 aromatic rings. The molecule has 0 aromatic heterocycles. The van der Waals surface area contributed by atoms with Gasteiger partial charge in [0.2, 0.25) is 0 Å². The van der Waals surface area contributed by atoms with E-state index in [0.717, 1.165) is 29.4 Å². The normalized spacial score (nSPS) is 10.5. The molecule has 1 rings (SSSR count). The molecule has 0 spiro atoms. The highest BCUT2D eigenvalue weighted by molar-refractivity contribution is 6.30. The van der Waals surface area contributed by atoms with Gasteiger partial charge in [-0.15, -0.1) is 6.58 Å². The van der Waals surface area contributed by atoms with Crippen molar-refractivity contribution in [2.75, 3.05) is 32.9 Å². The fourth-order valence-electron chi connectivity index (χ4n) is 1.88. The zero-order chi connectivity index (χ0) is 20.9. The molecule has 0 aliphatic heterocycles. The molecule has 0 saturated heterocycles. The predicted octanol–water partition coefficient (Wildman–Crippen LogP) is 2.96. The largest absolute Gasteiger partial charge is 0.491 e. The standard InChI is InChI=1S/C17H26ClNO2.C2H2O4/c1-5-8-19-9-10-20-11-12-21-16-7-6-14(18)13-15(16)17(2,3)4;3-1(4)2(5)6/h5-7,13,19H,1,8-12H2,2-4H3;(H,3,4)(H,5,6). The Kier molecular flexibility index (Phi) is 12.1. The van der Waals surface area contributed by atoms with Crippen LogP contribution < -0.4 is 10.1 Å². The number of carboxylic acid groups (broad SMARTS) is 2. The quantitative estimate of drug-likeness (QED) is 0.332. The van der Waals surface area contributed by atoms with Gasteiger partial charge < -0.3 is 25.0 Å². The minimum Gasteiger partial charge on any atom is -0.491 e. The van der Waals surface area contributed by atoms with E-state index < -0.39 is 11.9 Å². The SMILES string of the molecule is C=CCNCCOCCOc1ccc(Cl)cc1C(C)(C)C.O=C(O)C(=O)O. The topological polar surface area (TPSA) is 105 Å². The summed E-state index contributed by atoms with van der Waals surface area (Å²) < 4.78 is 11.3. The lowest BCUT2D eigenvalue weighted by Crippen LogP contribution is -2.21. The van der Waals surface area contributed by atoms with Crippen molar-refractivity contribution in [2.45, 2.75) is 26.2 Å². The van der Waals surface area contributed by atoms with E-state index in [4.69, 9.17) is 40.9 Å². The molecule has 0 heterocycles. The smallest absolute Gasteiger partial charge is 0.414 e. The average molecular weight is 402 g/mol. The lowest BCUT2D eigenvalue weighted by atomic mass is 9.86. The van der Waals surface area contributed by atoms with Crippen molar-refractivity contribution >= 4 is 23.5 Å². The second kappa shape index (κ2) is 13.1. The maximum Gasteiger partial charge on any atom is 0.414 e. The Bertz CT molecular complexity index is 601. The van der Waals surface area contributed by atoms with Gasteiger partial charge >= 0.3 is 11.9 Å². The van der Waals surface area contributed by atoms with E-state index in [-0.39, 0.29) is 5.41 Å². The van der Waals surface area contributed by atoms with Crippen molar-refractivity contribution < 1.29 is 29.3 Å². The molecule has 0 saturated carbocycles. The van der Waals surface area contributed by atoms with Crippen molar-refractivity contribution in [1.82, 2.24) is 5.32 Å². The van der Waals surface area contributed by atoms with Crippen molar-refractivity contribution in [2.24, 2.45) is 0 Å². The molecular formula is C19H28ClNO6. The first kappa shape index (κ1) is 24.9. The Morgan fingerprint density at radius 2 is 1.81 bits per heavy atom. The summed E-state index contributed by atoms with van der Waals surface area (Å²) in [5.74, 6) is -2.77. The van der Waals surface area contributed by atoms with Crippen molar-refractivity contribution in [3.63, 3.8) is 0 Å². The van der Waals surface area contributed by atoms with E-state index in [1.165, 1.54) is 0 Å². The van der Waals surface area contributed by atoms with Crippen LogP contribution in [0.25, 0.3) is 0 Å². The number of ether oxygens (including phenoxy) is 2. The highest BCUT2D eigenvalue weighted by Gasteiger charge is 2.19. The zero-order valence-electron chi connectivity index (χ0n) is 16.0. The summed E-state index contributed by atoms with van der Waals surface area (Å²) in [6, 6.07) is 5.75. The molecule has 8 heteroatoms. The molecule has 0 amide bonds. The van der Waals surface area contributed by atoms with Gasteiger partial charge in [0.15, 0.2) is 0 Å². The van der Waals surface area contributed by atoms with Gasteiger partial charge in [-0.3, -0.25) is 0 Å². The number of carbonyl (C=O) groups is 2. The molecule has 0 unspecified atom stereocenters. The third-order valence-electron chi connectivity index (χ3n) is 3.13. The fraction of sp³-hybridized carbons (Fsp3) is 0.474. The first-order valence-corrected chi connectivity index (χ1v) is 8.75. The number of hydrogen-bond donors (Lipinski definition) is 3. The molecule has 3 N–H and O–H groups in total. The van der Waals surface area contributed by atoms with E-state index in [2.05, 4.69) is 32.7 Å². The van der Waals surface area contributed by atoms with Crippen molar-refractivity contribution in [1.29, 1.82) is 0 Å². The van der Waals surface area contributed by atoms with Gasteiger partial charge in [-0.25, -0.2) is 9.59 Å². The minimum atomic E-state index is -1.82. The Labute approximate surface area is 164 Å². The molecule has 152 valence electrons. The molecule has 0 aliphatic carbocycles. The zero-order valence-corrected chi connectivity index (χ0v) is 16.7. The van der Waals surface area contributed by atoms with Crippen LogP contribution in [0.4, 0.5) is 0 Å². The molecule has 0 bridgehead atoms. The molecule has 0 aliphatic rings. The third kappa shape index (κ3) is 12.0. The number of halogens is 1. The van der Waals surface area contributed by atoms with E-state index >= 15 is 0 Å². The van der Waals surface area contributed by atoms with Crippen LogP contribution in [0, 0.1) is 0 Å². The van der Waals surface area contributed by atoms with E-state index in [1.54, 1.807) is 0 Å². The molecule has 0 fully saturated rings. The molecule has 1 aromatic carbocycles. The molecule has 7 nitrogen and oxygen atoms in total. The molecule has 27 heavy (non-hydrogen) atoms. The number of hydrogen-bond acceptors (Lipinski definition) is 5. The summed E-state index contributed by atoms with van der Waals surface area (Å²) in [7, 11) is 0. The van der Waals surface area contributed by atoms with Crippen LogP contribution in [0.1, 0.15) is 26.3 Å². The Morgan fingerprint density at radius 1 is 1.19 bits per heavy atom. The summed E-state index contributed by atoms with van der Waals surface area (Å²) >= 11 is 6.07. The van der Waals surface area contributed by atoms with Gasteiger partial charge in [-0.2, -0.15) is 0 Å². The van der Waals surface area contributed by atoms with Crippen molar-refractivity contribution in [3.05, 3.63) is 41.4 Å². The Morgan fingerprint density at radius 3 is 2.33 bits per heavy atom. The second-order valence-electron chi connectivity index (χ2n) is 6.45. The van der Waals surface area contributed by atoms with Gasteiger partial charge in [0.25, 0.3) is 0 Å². The number of rotatable bonds is 9. The van der Waals surface area contributed by atoms with Crippen LogP contribution in [0.15, 0.2) is 30.9 Å². The van der Waals surface area contributed by atoms with Crippen molar-refractivity contribution in [3.8, 4) is 5.75 Å². The maximum absolute atomic E-state index is 9.10. The first-order chi connectivity index (χ1) is 12.6. The summed E-state index contributed by atoms with van der Waals surface area (Å²) in [4.78, 5) is 18.2. The molecule has 0 radical (unpaired) electrons. The van der Waals surface area contributed by atoms with Gasteiger partial charge in [0.1, 0.15) is 12.4 Å². The number of nitrogens with one attached hydrogen (secondary N) is 1. The van der Waals surface area contributed by atoms with Crippen LogP contribution in [0.5, 0.6) is 5.75 Å². The second-order valence-corrected chi connectivity index (χ2v) is 6.89. The van der Waals surface area contributed by atoms with Gasteiger partial charge in [-0.1, -0.05) is 38.4 Å².